The van der Waals surface area contributed by atoms with Gasteiger partial charge in [-0.15, -0.1) is 0 Å². The molecule has 0 saturated carbocycles. The van der Waals surface area contributed by atoms with Crippen LogP contribution < -0.4 is 5.73 Å². The molecule has 1 fully saturated rings. The average Bonchev–Trinajstić information content (AvgIpc) is 2.72. The van der Waals surface area contributed by atoms with Crippen LogP contribution in [0.3, 0.4) is 0 Å². The molecule has 19 heavy (non-hydrogen) atoms. The summed E-state index contributed by atoms with van der Waals surface area (Å²) in [5.74, 6) is 2.69. The van der Waals surface area contributed by atoms with Crippen molar-refractivity contribution in [1.29, 1.82) is 0 Å². The quantitative estimate of drug-likeness (QED) is 0.888. The zero-order chi connectivity index (χ0) is 13.8. The van der Waals surface area contributed by atoms with Gasteiger partial charge in [0.05, 0.1) is 12.2 Å². The molecule has 0 unspecified atom stereocenters. The van der Waals surface area contributed by atoms with E-state index in [0.717, 1.165) is 55.7 Å². The van der Waals surface area contributed by atoms with Crippen LogP contribution in [-0.4, -0.2) is 29.0 Å². The summed E-state index contributed by atoms with van der Waals surface area (Å²) in [5.41, 5.74) is 6.95. The summed E-state index contributed by atoms with van der Waals surface area (Å²) in [7, 11) is 0. The Balaban J connectivity index is 2.03. The number of oxazole rings is 1. The maximum absolute atomic E-state index is 5.91. The number of piperidine rings is 1. The topological polar surface area (TPSA) is 55.3 Å². The molecule has 0 amide bonds. The number of hydrogen-bond acceptors (Lipinski definition) is 4. The van der Waals surface area contributed by atoms with Crippen molar-refractivity contribution in [3.8, 4) is 0 Å². The Kier molecular flexibility index (Phi) is 4.99. The molecule has 0 spiro atoms. The molecule has 108 valence electrons. The number of nitrogens with two attached hydrogens (primary N) is 1. The molecule has 2 N–H and O–H groups in total. The second kappa shape index (κ2) is 6.53. The van der Waals surface area contributed by atoms with Crippen LogP contribution in [0.15, 0.2) is 4.42 Å². The minimum atomic E-state index is 0.489. The van der Waals surface area contributed by atoms with Gasteiger partial charge in [-0.2, -0.15) is 0 Å². The van der Waals surface area contributed by atoms with Crippen molar-refractivity contribution in [3.63, 3.8) is 0 Å². The molecule has 1 aromatic heterocycles. The Morgan fingerprint density at radius 2 is 2.26 bits per heavy atom. The first kappa shape index (κ1) is 14.5. The number of rotatable bonds is 5. The van der Waals surface area contributed by atoms with Gasteiger partial charge < -0.3 is 10.2 Å². The van der Waals surface area contributed by atoms with Crippen molar-refractivity contribution >= 4 is 0 Å². The van der Waals surface area contributed by atoms with E-state index in [1.807, 2.05) is 6.92 Å². The Bertz CT molecular complexity index is 402. The molecule has 0 bridgehead atoms. The van der Waals surface area contributed by atoms with Crippen molar-refractivity contribution in [3.05, 3.63) is 17.3 Å². The molecule has 0 radical (unpaired) electrons. The Morgan fingerprint density at radius 3 is 2.95 bits per heavy atom. The molecule has 4 nitrogen and oxygen atoms in total. The number of likely N-dealkylation sites (tertiary alicyclic amines) is 1. The van der Waals surface area contributed by atoms with Gasteiger partial charge in [0.1, 0.15) is 5.76 Å². The van der Waals surface area contributed by atoms with Gasteiger partial charge in [0.15, 0.2) is 5.89 Å². The van der Waals surface area contributed by atoms with E-state index in [9.17, 15) is 0 Å². The summed E-state index contributed by atoms with van der Waals surface area (Å²) in [6.07, 6.45) is 4.46. The van der Waals surface area contributed by atoms with Crippen LogP contribution in [0.1, 0.15) is 50.5 Å². The summed E-state index contributed by atoms with van der Waals surface area (Å²) >= 11 is 0. The minimum absolute atomic E-state index is 0.489. The summed E-state index contributed by atoms with van der Waals surface area (Å²) in [4.78, 5) is 6.97. The molecule has 2 rings (SSSR count). The lowest BCUT2D eigenvalue weighted by Crippen LogP contribution is -2.45. The lowest BCUT2D eigenvalue weighted by Gasteiger charge is -2.37. The second-order valence-electron chi connectivity index (χ2n) is 5.86. The largest absolute Gasteiger partial charge is 0.444 e. The smallest absolute Gasteiger partial charge is 0.194 e. The van der Waals surface area contributed by atoms with Gasteiger partial charge in [-0.3, -0.25) is 4.90 Å². The molecular weight excluding hydrogens is 238 g/mol. The SMILES string of the molecule is CCCc1nc(C)c(CN2CC[C@@H](C)C[C@H]2CN)o1. The van der Waals surface area contributed by atoms with Crippen molar-refractivity contribution in [2.75, 3.05) is 13.1 Å². The fourth-order valence-corrected chi connectivity index (χ4v) is 2.89. The third-order valence-electron chi connectivity index (χ3n) is 4.12. The molecule has 1 aliphatic rings. The number of aryl methyl sites for hydroxylation is 2. The summed E-state index contributed by atoms with van der Waals surface area (Å²) in [6, 6.07) is 0.489. The van der Waals surface area contributed by atoms with Crippen LogP contribution in [0.5, 0.6) is 0 Å². The van der Waals surface area contributed by atoms with Crippen LogP contribution in [0.4, 0.5) is 0 Å². The van der Waals surface area contributed by atoms with Crippen molar-refractivity contribution in [2.24, 2.45) is 11.7 Å². The van der Waals surface area contributed by atoms with E-state index in [0.29, 0.717) is 6.04 Å². The van der Waals surface area contributed by atoms with Crippen LogP contribution in [0.2, 0.25) is 0 Å². The van der Waals surface area contributed by atoms with E-state index in [2.05, 4.69) is 23.7 Å². The van der Waals surface area contributed by atoms with Gasteiger partial charge >= 0.3 is 0 Å². The van der Waals surface area contributed by atoms with Crippen molar-refractivity contribution < 1.29 is 4.42 Å². The highest BCUT2D eigenvalue weighted by atomic mass is 16.4. The zero-order valence-corrected chi connectivity index (χ0v) is 12.5. The van der Waals surface area contributed by atoms with Gasteiger partial charge in [-0.1, -0.05) is 13.8 Å². The van der Waals surface area contributed by atoms with Gasteiger partial charge in [0.2, 0.25) is 0 Å². The molecule has 2 atom stereocenters. The van der Waals surface area contributed by atoms with E-state index in [1.165, 1.54) is 12.8 Å². The van der Waals surface area contributed by atoms with Gasteiger partial charge in [-0.05, 0) is 38.6 Å². The van der Waals surface area contributed by atoms with Crippen LogP contribution >= 0.6 is 0 Å². The lowest BCUT2D eigenvalue weighted by molar-refractivity contribution is 0.106. The van der Waals surface area contributed by atoms with Crippen LogP contribution in [-0.2, 0) is 13.0 Å². The average molecular weight is 265 g/mol. The molecule has 1 aliphatic heterocycles. The van der Waals surface area contributed by atoms with E-state index in [-0.39, 0.29) is 0 Å². The Morgan fingerprint density at radius 1 is 1.47 bits per heavy atom. The molecule has 4 heteroatoms. The van der Waals surface area contributed by atoms with Crippen LogP contribution in [0.25, 0.3) is 0 Å². The molecule has 0 aromatic carbocycles. The summed E-state index contributed by atoms with van der Waals surface area (Å²) < 4.78 is 5.88. The summed E-state index contributed by atoms with van der Waals surface area (Å²) in [6.45, 7) is 9.22. The second-order valence-corrected chi connectivity index (χ2v) is 5.86. The fourth-order valence-electron chi connectivity index (χ4n) is 2.89. The van der Waals surface area contributed by atoms with E-state index in [4.69, 9.17) is 10.2 Å². The highest BCUT2D eigenvalue weighted by molar-refractivity contribution is 5.08. The van der Waals surface area contributed by atoms with Crippen LogP contribution in [0, 0.1) is 12.8 Å². The molecule has 1 aromatic rings. The highest BCUT2D eigenvalue weighted by Gasteiger charge is 2.26. The lowest BCUT2D eigenvalue weighted by atomic mass is 9.92. The first-order valence-electron chi connectivity index (χ1n) is 7.53. The maximum atomic E-state index is 5.91. The number of aromatic nitrogens is 1. The first-order valence-corrected chi connectivity index (χ1v) is 7.53. The number of nitrogens with zero attached hydrogens (tertiary/aromatic N) is 2. The standard InChI is InChI=1S/C15H27N3O/c1-4-5-15-17-12(3)14(19-15)10-18-7-6-11(2)8-13(18)9-16/h11,13H,4-10,16H2,1-3H3/t11-,13+/m1/s1. The zero-order valence-electron chi connectivity index (χ0n) is 12.5. The third-order valence-corrected chi connectivity index (χ3v) is 4.12. The van der Waals surface area contributed by atoms with Gasteiger partial charge in [0.25, 0.3) is 0 Å². The Hall–Kier alpha value is -0.870. The molecule has 2 heterocycles. The van der Waals surface area contributed by atoms with Crippen molar-refractivity contribution in [1.82, 2.24) is 9.88 Å². The van der Waals surface area contributed by atoms with Gasteiger partial charge in [0, 0.05) is 19.0 Å². The first-order chi connectivity index (χ1) is 9.13. The fraction of sp³-hybridized carbons (Fsp3) is 0.800. The molecule has 0 aliphatic carbocycles. The minimum Gasteiger partial charge on any atom is -0.444 e. The molecule has 1 saturated heterocycles. The number of hydrogen-bond donors (Lipinski definition) is 1. The Labute approximate surface area is 116 Å². The monoisotopic (exact) mass is 265 g/mol. The van der Waals surface area contributed by atoms with E-state index < -0.39 is 0 Å². The normalized spacial score (nSPS) is 24.8. The predicted octanol–water partition coefficient (Wildman–Crippen LogP) is 2.49. The maximum Gasteiger partial charge on any atom is 0.194 e. The predicted molar refractivity (Wildman–Crippen MR) is 76.9 cm³/mol. The highest BCUT2D eigenvalue weighted by Crippen LogP contribution is 2.24. The van der Waals surface area contributed by atoms with E-state index in [1.54, 1.807) is 0 Å². The van der Waals surface area contributed by atoms with E-state index >= 15 is 0 Å². The summed E-state index contributed by atoms with van der Waals surface area (Å²) in [5, 5.41) is 0. The third kappa shape index (κ3) is 3.57. The van der Waals surface area contributed by atoms with Crippen molar-refractivity contribution in [2.45, 2.75) is 59.0 Å². The van der Waals surface area contributed by atoms with Gasteiger partial charge in [-0.25, -0.2) is 4.98 Å². The molecular formula is C15H27N3O.